The lowest BCUT2D eigenvalue weighted by Gasteiger charge is -2.36. The second-order valence-corrected chi connectivity index (χ2v) is 7.19. The van der Waals surface area contributed by atoms with Crippen molar-refractivity contribution in [1.29, 1.82) is 0 Å². The number of carboxylic acids is 1. The summed E-state index contributed by atoms with van der Waals surface area (Å²) in [6.07, 6.45) is -0.738. The molecule has 0 spiro atoms. The average molecular weight is 389 g/mol. The van der Waals surface area contributed by atoms with Crippen molar-refractivity contribution in [2.75, 3.05) is 7.11 Å². The number of fused-ring (bicyclic) bond motifs is 3. The highest BCUT2D eigenvalue weighted by Gasteiger charge is 2.48. The first-order chi connectivity index (χ1) is 14.0. The number of benzene rings is 3. The van der Waals surface area contributed by atoms with Gasteiger partial charge in [-0.3, -0.25) is 4.79 Å². The summed E-state index contributed by atoms with van der Waals surface area (Å²) < 4.78 is 12.1. The Labute approximate surface area is 169 Å². The first kappa shape index (κ1) is 19.2. The lowest BCUT2D eigenvalue weighted by atomic mass is 9.83. The third-order valence-electron chi connectivity index (χ3n) is 5.54. The molecule has 148 valence electrons. The molecule has 3 N–H and O–H groups in total. The van der Waals surface area contributed by atoms with Crippen LogP contribution < -0.4 is 10.5 Å². The van der Waals surface area contributed by atoms with E-state index in [4.69, 9.17) is 15.2 Å². The number of methoxy groups -OCH3 is 1. The summed E-state index contributed by atoms with van der Waals surface area (Å²) in [4.78, 5) is 11.5. The Morgan fingerprint density at radius 1 is 0.966 bits per heavy atom. The zero-order valence-electron chi connectivity index (χ0n) is 16.3. The Hall–Kier alpha value is -3.15. The first-order valence-electron chi connectivity index (χ1n) is 9.49. The van der Waals surface area contributed by atoms with Crippen LogP contribution in [0, 0.1) is 0 Å². The molecule has 0 radical (unpaired) electrons. The summed E-state index contributed by atoms with van der Waals surface area (Å²) in [5, 5.41) is 9.43. The minimum absolute atomic E-state index is 0.704. The summed E-state index contributed by atoms with van der Waals surface area (Å²) in [6, 6.07) is 22.6. The monoisotopic (exact) mass is 389 g/mol. The second kappa shape index (κ2) is 7.35. The van der Waals surface area contributed by atoms with Gasteiger partial charge in [0.15, 0.2) is 0 Å². The lowest BCUT2D eigenvalue weighted by Crippen LogP contribution is -2.46. The van der Waals surface area contributed by atoms with Gasteiger partial charge in [0.1, 0.15) is 17.4 Å². The van der Waals surface area contributed by atoms with Crippen molar-refractivity contribution < 1.29 is 19.4 Å². The minimum atomic E-state index is -1.16. The Bertz CT molecular complexity index is 1050. The van der Waals surface area contributed by atoms with Crippen molar-refractivity contribution in [2.24, 2.45) is 5.73 Å². The molecule has 1 aliphatic carbocycles. The van der Waals surface area contributed by atoms with Crippen LogP contribution in [-0.4, -0.2) is 30.3 Å². The topological polar surface area (TPSA) is 81.8 Å². The van der Waals surface area contributed by atoms with Crippen LogP contribution in [0.5, 0.6) is 5.75 Å². The minimum Gasteiger partial charge on any atom is -0.497 e. The smallest absolute Gasteiger partial charge is 0.323 e. The average Bonchev–Trinajstić information content (AvgIpc) is 3.04. The first-order valence-corrected chi connectivity index (χ1v) is 9.49. The molecule has 0 amide bonds. The van der Waals surface area contributed by atoms with Gasteiger partial charge in [-0.05, 0) is 35.7 Å². The van der Waals surface area contributed by atoms with Crippen LogP contribution in [0.2, 0.25) is 0 Å². The van der Waals surface area contributed by atoms with Gasteiger partial charge in [-0.25, -0.2) is 0 Å². The molecule has 0 aliphatic heterocycles. The van der Waals surface area contributed by atoms with Crippen molar-refractivity contribution in [3.05, 3.63) is 89.5 Å². The van der Waals surface area contributed by atoms with Crippen LogP contribution in [0.1, 0.15) is 23.6 Å². The van der Waals surface area contributed by atoms with E-state index in [1.807, 2.05) is 66.7 Å². The van der Waals surface area contributed by atoms with Crippen LogP contribution in [0.15, 0.2) is 72.8 Å². The van der Waals surface area contributed by atoms with E-state index in [9.17, 15) is 9.90 Å². The molecule has 0 bridgehead atoms. The highest BCUT2D eigenvalue weighted by molar-refractivity contribution is 5.83. The zero-order chi connectivity index (χ0) is 20.6. The predicted molar refractivity (Wildman–Crippen MR) is 111 cm³/mol. The number of aliphatic carboxylic acids is 1. The number of carbonyl (C=O) groups is 1. The maximum Gasteiger partial charge on any atom is 0.323 e. The molecule has 5 nitrogen and oxygen atoms in total. The highest BCUT2D eigenvalue weighted by Crippen LogP contribution is 2.54. The number of carboxylic acid groups (broad SMARTS) is 1. The Morgan fingerprint density at radius 2 is 1.62 bits per heavy atom. The van der Waals surface area contributed by atoms with Crippen molar-refractivity contribution in [3.8, 4) is 16.9 Å². The van der Waals surface area contributed by atoms with Gasteiger partial charge in [0.05, 0.1) is 13.2 Å². The molecule has 0 aromatic heterocycles. The van der Waals surface area contributed by atoms with Crippen molar-refractivity contribution in [2.45, 2.75) is 24.7 Å². The van der Waals surface area contributed by atoms with Gasteiger partial charge in [-0.2, -0.15) is 0 Å². The fraction of sp³-hybridized carbons (Fsp3) is 0.208. The zero-order valence-corrected chi connectivity index (χ0v) is 16.3. The molecule has 0 fully saturated rings. The molecule has 0 saturated carbocycles. The normalized spacial score (nSPS) is 19.1. The SMILES string of the molecule is COc1ccc2c(c1)C(OC(C)[C@H](N)C(=O)O)(c1ccccc1)c1ccccc1-2. The molecule has 3 aromatic carbocycles. The number of rotatable bonds is 6. The maximum absolute atomic E-state index is 11.5. The molecule has 29 heavy (non-hydrogen) atoms. The largest absolute Gasteiger partial charge is 0.497 e. The van der Waals surface area contributed by atoms with Gasteiger partial charge in [-0.1, -0.05) is 60.7 Å². The number of nitrogens with two attached hydrogens (primary N) is 1. The molecular formula is C24H23NO4. The van der Waals surface area contributed by atoms with Gasteiger partial charge < -0.3 is 20.3 Å². The summed E-state index contributed by atoms with van der Waals surface area (Å²) in [6.45, 7) is 1.70. The van der Waals surface area contributed by atoms with E-state index in [2.05, 4.69) is 6.07 Å². The molecule has 4 rings (SSSR count). The van der Waals surface area contributed by atoms with Crippen LogP contribution in [0.25, 0.3) is 11.1 Å². The van der Waals surface area contributed by atoms with Gasteiger partial charge >= 0.3 is 5.97 Å². The van der Waals surface area contributed by atoms with Crippen LogP contribution in [-0.2, 0) is 15.1 Å². The van der Waals surface area contributed by atoms with E-state index in [1.54, 1.807) is 14.0 Å². The molecule has 3 aromatic rings. The van der Waals surface area contributed by atoms with Crippen LogP contribution in [0.4, 0.5) is 0 Å². The highest BCUT2D eigenvalue weighted by atomic mass is 16.5. The number of hydrogen-bond donors (Lipinski definition) is 2. The Morgan fingerprint density at radius 3 is 2.31 bits per heavy atom. The lowest BCUT2D eigenvalue weighted by molar-refractivity contribution is -0.144. The fourth-order valence-corrected chi connectivity index (χ4v) is 4.08. The summed E-state index contributed by atoms with van der Waals surface area (Å²) >= 11 is 0. The standard InChI is InChI=1S/C24H23NO4/c1-15(22(25)23(26)27)29-24(16-8-4-3-5-9-16)20-11-7-6-10-18(20)19-13-12-17(28-2)14-21(19)24/h3-15,22H,25H2,1-2H3,(H,26,27)/t15?,22-,24?/m0/s1. The van der Waals surface area contributed by atoms with Gasteiger partial charge in [0, 0.05) is 11.1 Å². The Kier molecular flexibility index (Phi) is 4.86. The maximum atomic E-state index is 11.5. The molecule has 0 saturated heterocycles. The van der Waals surface area contributed by atoms with Crippen LogP contribution in [0.3, 0.4) is 0 Å². The summed E-state index contributed by atoms with van der Waals surface area (Å²) in [5.74, 6) is -0.395. The molecule has 2 unspecified atom stereocenters. The van der Waals surface area contributed by atoms with Gasteiger partial charge in [0.25, 0.3) is 0 Å². The summed E-state index contributed by atoms with van der Waals surface area (Å²) in [5.41, 5.74) is 9.78. The van der Waals surface area contributed by atoms with E-state index >= 15 is 0 Å². The molecule has 1 aliphatic rings. The van der Waals surface area contributed by atoms with Crippen LogP contribution >= 0.6 is 0 Å². The van der Waals surface area contributed by atoms with E-state index in [-0.39, 0.29) is 0 Å². The van der Waals surface area contributed by atoms with Crippen molar-refractivity contribution >= 4 is 5.97 Å². The van der Waals surface area contributed by atoms with E-state index in [0.29, 0.717) is 5.75 Å². The van der Waals surface area contributed by atoms with E-state index in [0.717, 1.165) is 27.8 Å². The third-order valence-corrected chi connectivity index (χ3v) is 5.54. The van der Waals surface area contributed by atoms with Gasteiger partial charge in [-0.15, -0.1) is 0 Å². The van der Waals surface area contributed by atoms with Gasteiger partial charge in [0.2, 0.25) is 0 Å². The number of hydrogen-bond acceptors (Lipinski definition) is 4. The fourth-order valence-electron chi connectivity index (χ4n) is 4.08. The molecule has 0 heterocycles. The second-order valence-electron chi connectivity index (χ2n) is 7.19. The molecule has 3 atom stereocenters. The van der Waals surface area contributed by atoms with Crippen molar-refractivity contribution in [3.63, 3.8) is 0 Å². The van der Waals surface area contributed by atoms with E-state index in [1.165, 1.54) is 0 Å². The van der Waals surface area contributed by atoms with Crippen molar-refractivity contribution in [1.82, 2.24) is 0 Å². The summed E-state index contributed by atoms with van der Waals surface area (Å²) in [7, 11) is 1.62. The predicted octanol–water partition coefficient (Wildman–Crippen LogP) is 3.78. The van der Waals surface area contributed by atoms with E-state index < -0.39 is 23.7 Å². The number of ether oxygens (including phenoxy) is 2. The third kappa shape index (κ3) is 2.99. The molecule has 5 heteroatoms. The Balaban J connectivity index is 2.01. The quantitative estimate of drug-likeness (QED) is 0.670. The molecular weight excluding hydrogens is 366 g/mol.